The maximum atomic E-state index is 11.6. The van der Waals surface area contributed by atoms with Crippen LogP contribution in [0.1, 0.15) is 16.7 Å². The summed E-state index contributed by atoms with van der Waals surface area (Å²) >= 11 is 0. The number of hydrogen-bond donors (Lipinski definition) is 3. The van der Waals surface area contributed by atoms with Crippen LogP contribution >= 0.6 is 0 Å². The van der Waals surface area contributed by atoms with Crippen LogP contribution in [0, 0.1) is 20.8 Å². The first-order valence-corrected chi connectivity index (χ1v) is 5.82. The minimum Gasteiger partial charge on any atom is -0.347 e. The number of carbonyl (C=O) groups excluding carboxylic acids is 2. The van der Waals surface area contributed by atoms with E-state index in [1.807, 2.05) is 32.9 Å². The average Bonchev–Trinajstić information content (AvgIpc) is 2.30. The van der Waals surface area contributed by atoms with Gasteiger partial charge in [0.25, 0.3) is 0 Å². The fourth-order valence-electron chi connectivity index (χ4n) is 1.81. The van der Waals surface area contributed by atoms with Crippen molar-refractivity contribution in [2.45, 2.75) is 20.8 Å². The monoisotopic (exact) mass is 249 g/mol. The van der Waals surface area contributed by atoms with Crippen LogP contribution in [0.3, 0.4) is 0 Å². The summed E-state index contributed by atoms with van der Waals surface area (Å²) in [5.41, 5.74) is 8.93. The van der Waals surface area contributed by atoms with Gasteiger partial charge in [-0.2, -0.15) is 0 Å². The topological polar surface area (TPSA) is 84.2 Å². The summed E-state index contributed by atoms with van der Waals surface area (Å²) in [6.07, 6.45) is 0. The molecule has 0 unspecified atom stereocenters. The van der Waals surface area contributed by atoms with E-state index in [9.17, 15) is 9.59 Å². The molecule has 5 nitrogen and oxygen atoms in total. The lowest BCUT2D eigenvalue weighted by Crippen LogP contribution is -2.38. The summed E-state index contributed by atoms with van der Waals surface area (Å²) in [5, 5.41) is 5.05. The third-order valence-electron chi connectivity index (χ3n) is 2.55. The molecule has 5 heteroatoms. The van der Waals surface area contributed by atoms with Gasteiger partial charge in [-0.3, -0.25) is 9.59 Å². The van der Waals surface area contributed by atoms with E-state index in [2.05, 4.69) is 10.6 Å². The number of benzene rings is 1. The standard InChI is InChI=1S/C13H19N3O2/c1-8-6-9(2)11(10(3)7-8)16-13(18)12(17)15-5-4-14/h6-7H,4-5,14H2,1-3H3,(H,15,17)(H,16,18). The van der Waals surface area contributed by atoms with E-state index in [0.29, 0.717) is 12.2 Å². The van der Waals surface area contributed by atoms with Gasteiger partial charge in [-0.05, 0) is 31.9 Å². The minimum atomic E-state index is -0.668. The Morgan fingerprint density at radius 3 is 2.17 bits per heavy atom. The van der Waals surface area contributed by atoms with Crippen LogP contribution in [0.5, 0.6) is 0 Å². The van der Waals surface area contributed by atoms with Gasteiger partial charge in [-0.25, -0.2) is 0 Å². The number of nitrogens with one attached hydrogen (secondary N) is 2. The van der Waals surface area contributed by atoms with Gasteiger partial charge in [0.1, 0.15) is 0 Å². The summed E-state index contributed by atoms with van der Waals surface area (Å²) in [4.78, 5) is 23.1. The lowest BCUT2D eigenvalue weighted by Gasteiger charge is -2.12. The maximum Gasteiger partial charge on any atom is 0.313 e. The Labute approximate surface area is 107 Å². The van der Waals surface area contributed by atoms with Crippen molar-refractivity contribution in [1.82, 2.24) is 5.32 Å². The summed E-state index contributed by atoms with van der Waals surface area (Å²) < 4.78 is 0. The molecule has 0 saturated carbocycles. The molecule has 0 heterocycles. The van der Waals surface area contributed by atoms with Gasteiger partial charge in [0.15, 0.2) is 0 Å². The van der Waals surface area contributed by atoms with Gasteiger partial charge < -0.3 is 16.4 Å². The lowest BCUT2D eigenvalue weighted by molar-refractivity contribution is -0.136. The van der Waals surface area contributed by atoms with Gasteiger partial charge in [-0.15, -0.1) is 0 Å². The quantitative estimate of drug-likeness (QED) is 0.687. The number of hydrogen-bond acceptors (Lipinski definition) is 3. The highest BCUT2D eigenvalue weighted by Crippen LogP contribution is 2.21. The Morgan fingerprint density at radius 2 is 1.67 bits per heavy atom. The van der Waals surface area contributed by atoms with Crippen LogP contribution in [0.2, 0.25) is 0 Å². The van der Waals surface area contributed by atoms with Crippen molar-refractivity contribution in [2.75, 3.05) is 18.4 Å². The van der Waals surface area contributed by atoms with E-state index < -0.39 is 11.8 Å². The van der Waals surface area contributed by atoms with Crippen molar-refractivity contribution in [3.05, 3.63) is 28.8 Å². The molecule has 0 aliphatic rings. The average molecular weight is 249 g/mol. The third kappa shape index (κ3) is 3.56. The Morgan fingerprint density at radius 1 is 1.11 bits per heavy atom. The second-order valence-electron chi connectivity index (χ2n) is 4.27. The van der Waals surface area contributed by atoms with Crippen molar-refractivity contribution in [3.8, 4) is 0 Å². The van der Waals surface area contributed by atoms with E-state index >= 15 is 0 Å². The molecule has 0 bridgehead atoms. The first kappa shape index (κ1) is 14.2. The lowest BCUT2D eigenvalue weighted by atomic mass is 10.1. The summed E-state index contributed by atoms with van der Waals surface area (Å²) in [6.45, 7) is 6.38. The smallest absolute Gasteiger partial charge is 0.313 e. The SMILES string of the molecule is Cc1cc(C)c(NC(=O)C(=O)NCCN)c(C)c1. The molecule has 0 aliphatic carbocycles. The van der Waals surface area contributed by atoms with Crippen molar-refractivity contribution >= 4 is 17.5 Å². The molecule has 1 aromatic rings. The van der Waals surface area contributed by atoms with E-state index in [4.69, 9.17) is 5.73 Å². The number of nitrogens with two attached hydrogens (primary N) is 1. The summed E-state index contributed by atoms with van der Waals surface area (Å²) in [7, 11) is 0. The van der Waals surface area contributed by atoms with Crippen LogP contribution in [0.4, 0.5) is 5.69 Å². The zero-order valence-corrected chi connectivity index (χ0v) is 11.0. The zero-order valence-electron chi connectivity index (χ0n) is 11.0. The normalized spacial score (nSPS) is 10.0. The van der Waals surface area contributed by atoms with Gasteiger partial charge in [0, 0.05) is 18.8 Å². The minimum absolute atomic E-state index is 0.290. The number of aryl methyl sites for hydroxylation is 3. The van der Waals surface area contributed by atoms with Crippen molar-refractivity contribution in [3.63, 3.8) is 0 Å². The van der Waals surface area contributed by atoms with Gasteiger partial charge >= 0.3 is 11.8 Å². The molecule has 18 heavy (non-hydrogen) atoms. The Kier molecular flexibility index (Phi) is 4.85. The summed E-state index contributed by atoms with van der Waals surface area (Å²) in [5.74, 6) is -1.33. The molecule has 2 amide bonds. The van der Waals surface area contributed by atoms with Crippen LogP contribution in [0.25, 0.3) is 0 Å². The molecule has 0 saturated heterocycles. The fraction of sp³-hybridized carbons (Fsp3) is 0.385. The molecule has 0 spiro atoms. The number of amides is 2. The van der Waals surface area contributed by atoms with Crippen molar-refractivity contribution < 1.29 is 9.59 Å². The predicted molar refractivity (Wildman–Crippen MR) is 71.3 cm³/mol. The number of carbonyl (C=O) groups is 2. The van der Waals surface area contributed by atoms with E-state index in [1.54, 1.807) is 0 Å². The molecule has 0 radical (unpaired) electrons. The van der Waals surface area contributed by atoms with Gasteiger partial charge in [0.05, 0.1) is 0 Å². The molecule has 0 aromatic heterocycles. The fourth-order valence-corrected chi connectivity index (χ4v) is 1.81. The van der Waals surface area contributed by atoms with E-state index in [1.165, 1.54) is 0 Å². The van der Waals surface area contributed by atoms with Crippen molar-refractivity contribution in [1.29, 1.82) is 0 Å². The predicted octanol–water partition coefficient (Wildman–Crippen LogP) is 0.625. The largest absolute Gasteiger partial charge is 0.347 e. The Balaban J connectivity index is 2.79. The molecule has 0 atom stereocenters. The maximum absolute atomic E-state index is 11.6. The third-order valence-corrected chi connectivity index (χ3v) is 2.55. The Hall–Kier alpha value is -1.88. The Bertz CT molecular complexity index is 446. The van der Waals surface area contributed by atoms with Gasteiger partial charge in [0.2, 0.25) is 0 Å². The highest BCUT2D eigenvalue weighted by Gasteiger charge is 2.15. The molecule has 1 aromatic carbocycles. The van der Waals surface area contributed by atoms with E-state index in [0.717, 1.165) is 16.7 Å². The molecule has 1 rings (SSSR count). The molecule has 98 valence electrons. The van der Waals surface area contributed by atoms with Crippen LogP contribution < -0.4 is 16.4 Å². The number of rotatable bonds is 3. The molecular weight excluding hydrogens is 230 g/mol. The molecule has 4 N–H and O–H groups in total. The van der Waals surface area contributed by atoms with E-state index in [-0.39, 0.29) is 6.54 Å². The van der Waals surface area contributed by atoms with Crippen LogP contribution in [-0.2, 0) is 9.59 Å². The van der Waals surface area contributed by atoms with Gasteiger partial charge in [-0.1, -0.05) is 17.7 Å². The summed E-state index contributed by atoms with van der Waals surface area (Å²) in [6, 6.07) is 3.92. The second-order valence-corrected chi connectivity index (χ2v) is 4.27. The molecular formula is C13H19N3O2. The second kappa shape index (κ2) is 6.16. The highest BCUT2D eigenvalue weighted by atomic mass is 16.2. The molecule has 0 aliphatic heterocycles. The van der Waals surface area contributed by atoms with Crippen LogP contribution in [-0.4, -0.2) is 24.9 Å². The molecule has 0 fully saturated rings. The van der Waals surface area contributed by atoms with Crippen molar-refractivity contribution in [2.24, 2.45) is 5.73 Å². The first-order valence-electron chi connectivity index (χ1n) is 5.82. The highest BCUT2D eigenvalue weighted by molar-refractivity contribution is 6.39. The first-order chi connectivity index (χ1) is 8.45. The zero-order chi connectivity index (χ0) is 13.7. The number of anilines is 1. The van der Waals surface area contributed by atoms with Crippen LogP contribution in [0.15, 0.2) is 12.1 Å².